The van der Waals surface area contributed by atoms with E-state index in [0.717, 1.165) is 28.0 Å². The van der Waals surface area contributed by atoms with E-state index in [1.54, 1.807) is 31.7 Å². The fourth-order valence-electron chi connectivity index (χ4n) is 3.38. The Morgan fingerprint density at radius 2 is 1.88 bits per heavy atom. The van der Waals surface area contributed by atoms with Gasteiger partial charge < -0.3 is 19.9 Å². The van der Waals surface area contributed by atoms with Crippen LogP contribution in [-0.2, 0) is 11.3 Å². The van der Waals surface area contributed by atoms with Crippen molar-refractivity contribution in [1.82, 2.24) is 24.6 Å². The van der Waals surface area contributed by atoms with Gasteiger partial charge in [0.1, 0.15) is 24.8 Å². The highest BCUT2D eigenvalue weighted by Crippen LogP contribution is 2.32. The maximum Gasteiger partial charge on any atom is 0.156 e. The number of anilines is 2. The second-order valence-corrected chi connectivity index (χ2v) is 8.61. The van der Waals surface area contributed by atoms with Crippen molar-refractivity contribution in [1.29, 1.82) is 0 Å². The molecule has 0 aliphatic rings. The van der Waals surface area contributed by atoms with Crippen molar-refractivity contribution in [3.63, 3.8) is 0 Å². The average molecular weight is 449 g/mol. The first-order valence-corrected chi connectivity index (χ1v) is 10.6. The summed E-state index contributed by atoms with van der Waals surface area (Å²) >= 11 is 0. The van der Waals surface area contributed by atoms with E-state index in [0.29, 0.717) is 29.8 Å². The zero-order valence-electron chi connectivity index (χ0n) is 19.5. The molecule has 0 aliphatic carbocycles. The predicted molar refractivity (Wildman–Crippen MR) is 126 cm³/mol. The Balaban J connectivity index is 1.64. The number of hydrogen-bond acceptors (Lipinski definition) is 8. The van der Waals surface area contributed by atoms with Crippen LogP contribution >= 0.6 is 0 Å². The molecule has 9 nitrogen and oxygen atoms in total. The molecule has 4 aromatic heterocycles. The van der Waals surface area contributed by atoms with Crippen molar-refractivity contribution >= 4 is 17.2 Å². The number of aliphatic hydroxyl groups is 1. The van der Waals surface area contributed by atoms with Crippen LogP contribution in [0.4, 0.5) is 11.6 Å². The molecule has 4 rings (SSSR count). The van der Waals surface area contributed by atoms with Gasteiger partial charge in [-0.1, -0.05) is 0 Å². The summed E-state index contributed by atoms with van der Waals surface area (Å²) < 4.78 is 12.8. The van der Waals surface area contributed by atoms with Crippen molar-refractivity contribution in [2.24, 2.45) is 0 Å². The molecule has 0 bridgehead atoms. The van der Waals surface area contributed by atoms with E-state index in [1.807, 2.05) is 50.4 Å². The normalized spacial score (nSPS) is 11.7. The molecule has 0 saturated carbocycles. The molecule has 0 aliphatic heterocycles. The quantitative estimate of drug-likeness (QED) is 0.419. The number of hydrogen-bond donors (Lipinski definition) is 2. The molecule has 0 aromatic carbocycles. The van der Waals surface area contributed by atoms with Gasteiger partial charge in [-0.2, -0.15) is 5.10 Å². The number of nitrogens with one attached hydrogen (secondary N) is 1. The molecule has 0 amide bonds. The molecule has 172 valence electrons. The van der Waals surface area contributed by atoms with Crippen LogP contribution in [0.5, 0.6) is 5.75 Å². The number of aryl methyl sites for hydroxylation is 2. The van der Waals surface area contributed by atoms with Crippen molar-refractivity contribution in [2.45, 2.75) is 39.9 Å². The third-order valence-electron chi connectivity index (χ3n) is 4.79. The van der Waals surface area contributed by atoms with E-state index in [-0.39, 0.29) is 6.61 Å². The summed E-state index contributed by atoms with van der Waals surface area (Å²) in [5.41, 5.74) is 3.55. The summed E-state index contributed by atoms with van der Waals surface area (Å²) in [6.45, 7) is 7.77. The molecule has 0 atom stereocenters. The van der Waals surface area contributed by atoms with Gasteiger partial charge in [-0.15, -0.1) is 0 Å². The highest BCUT2D eigenvalue weighted by atomic mass is 16.5. The Hall–Kier alpha value is -3.56. The first-order valence-electron chi connectivity index (χ1n) is 10.6. The van der Waals surface area contributed by atoms with E-state index in [4.69, 9.17) is 9.47 Å². The number of pyridine rings is 2. The van der Waals surface area contributed by atoms with Crippen molar-refractivity contribution < 1.29 is 14.6 Å². The monoisotopic (exact) mass is 448 g/mol. The number of ether oxygens (including phenoxy) is 2. The lowest BCUT2D eigenvalue weighted by molar-refractivity contribution is 0.0286. The largest absolute Gasteiger partial charge is 0.488 e. The maximum absolute atomic E-state index is 10.0. The fraction of sp³-hybridized carbons (Fsp3) is 0.333. The molecule has 0 fully saturated rings. The Morgan fingerprint density at radius 1 is 1.06 bits per heavy atom. The average Bonchev–Trinajstić information content (AvgIpc) is 3.13. The summed E-state index contributed by atoms with van der Waals surface area (Å²) in [4.78, 5) is 13.2. The van der Waals surface area contributed by atoms with E-state index in [9.17, 15) is 5.11 Å². The molecular weight excluding hydrogens is 420 g/mol. The van der Waals surface area contributed by atoms with Gasteiger partial charge in [-0.3, -0.25) is 4.98 Å². The van der Waals surface area contributed by atoms with Crippen LogP contribution in [0.2, 0.25) is 0 Å². The van der Waals surface area contributed by atoms with E-state index < -0.39 is 5.60 Å². The predicted octanol–water partition coefficient (Wildman–Crippen LogP) is 3.84. The molecule has 4 heterocycles. The summed E-state index contributed by atoms with van der Waals surface area (Å²) in [6.07, 6.45) is 3.59. The van der Waals surface area contributed by atoms with Gasteiger partial charge in [0.2, 0.25) is 0 Å². The van der Waals surface area contributed by atoms with Gasteiger partial charge in [0.15, 0.2) is 11.6 Å². The zero-order chi connectivity index (χ0) is 23.6. The Kier molecular flexibility index (Phi) is 6.26. The van der Waals surface area contributed by atoms with Crippen LogP contribution in [-0.4, -0.2) is 49.0 Å². The smallest absolute Gasteiger partial charge is 0.156 e. The van der Waals surface area contributed by atoms with Crippen LogP contribution in [0.1, 0.15) is 31.1 Å². The minimum atomic E-state index is -0.944. The van der Waals surface area contributed by atoms with E-state index in [2.05, 4.69) is 25.4 Å². The second-order valence-electron chi connectivity index (χ2n) is 8.61. The second kappa shape index (κ2) is 9.13. The minimum Gasteiger partial charge on any atom is -0.488 e. The molecule has 0 radical (unpaired) electrons. The topological polar surface area (TPSA) is 107 Å². The number of aromatic nitrogens is 5. The lowest BCUT2D eigenvalue weighted by Crippen LogP contribution is -2.28. The molecule has 0 unspecified atom stereocenters. The van der Waals surface area contributed by atoms with E-state index >= 15 is 0 Å². The molecule has 0 spiro atoms. The highest BCUT2D eigenvalue weighted by molar-refractivity contribution is 5.75. The lowest BCUT2D eigenvalue weighted by Gasteiger charge is -2.19. The molecule has 9 heteroatoms. The molecule has 33 heavy (non-hydrogen) atoms. The van der Waals surface area contributed by atoms with Gasteiger partial charge in [-0.05, 0) is 51.5 Å². The third kappa shape index (κ3) is 5.63. The van der Waals surface area contributed by atoms with Crippen LogP contribution in [0.25, 0.3) is 16.6 Å². The maximum atomic E-state index is 10.0. The van der Waals surface area contributed by atoms with Crippen molar-refractivity contribution in [3.05, 3.63) is 59.9 Å². The van der Waals surface area contributed by atoms with Crippen LogP contribution in [0.15, 0.2) is 42.7 Å². The Morgan fingerprint density at radius 3 is 2.64 bits per heavy atom. The number of nitrogens with zero attached hydrogens (tertiary/aromatic N) is 5. The highest BCUT2D eigenvalue weighted by Gasteiger charge is 2.16. The summed E-state index contributed by atoms with van der Waals surface area (Å²) in [7, 11) is 1.61. The Labute approximate surface area is 192 Å². The first-order chi connectivity index (χ1) is 15.7. The van der Waals surface area contributed by atoms with E-state index in [1.165, 1.54) is 0 Å². The third-order valence-corrected chi connectivity index (χ3v) is 4.79. The number of rotatable bonds is 8. The fourth-order valence-corrected chi connectivity index (χ4v) is 3.38. The van der Waals surface area contributed by atoms with Crippen molar-refractivity contribution in [2.75, 3.05) is 19.0 Å². The zero-order valence-corrected chi connectivity index (χ0v) is 19.5. The number of fused-ring (bicyclic) bond motifs is 1. The summed E-state index contributed by atoms with van der Waals surface area (Å²) in [5.74, 6) is 2.55. The van der Waals surface area contributed by atoms with Gasteiger partial charge in [0.05, 0.1) is 17.3 Å². The van der Waals surface area contributed by atoms with Gasteiger partial charge in [-0.25, -0.2) is 14.5 Å². The minimum absolute atomic E-state index is 0.164. The summed E-state index contributed by atoms with van der Waals surface area (Å²) in [5, 5.41) is 17.9. The van der Waals surface area contributed by atoms with Crippen LogP contribution < -0.4 is 10.1 Å². The van der Waals surface area contributed by atoms with Crippen molar-refractivity contribution in [3.8, 4) is 16.9 Å². The number of methoxy groups -OCH3 is 1. The van der Waals surface area contributed by atoms with Crippen LogP contribution in [0, 0.1) is 13.8 Å². The lowest BCUT2D eigenvalue weighted by atomic mass is 10.1. The summed E-state index contributed by atoms with van der Waals surface area (Å²) in [6, 6.07) is 9.79. The molecule has 4 aromatic rings. The van der Waals surface area contributed by atoms with Crippen LogP contribution in [0.3, 0.4) is 0 Å². The molecule has 0 saturated heterocycles. The standard InChI is InChI=1S/C24H28N6O3/c1-15-8-19(20(12-25-15)33-14-24(3,4)31)17-6-7-30-18(10-17)11-22(29-30)27-21-9-16(2)26-23(28-21)13-32-5/h6-12,31H,13-14H2,1-5H3,(H,26,27,28,29). The molecule has 2 N–H and O–H groups in total. The van der Waals surface area contributed by atoms with Gasteiger partial charge >= 0.3 is 0 Å². The van der Waals surface area contributed by atoms with Gasteiger partial charge in [0.25, 0.3) is 0 Å². The molecular formula is C24H28N6O3. The SMILES string of the molecule is COCc1nc(C)cc(Nc2cc3cc(-c4cc(C)ncc4OCC(C)(C)O)ccn3n2)n1. The Bertz CT molecular complexity index is 1280. The van der Waals surface area contributed by atoms with Gasteiger partial charge in [0, 0.05) is 42.4 Å². The first kappa shape index (κ1) is 22.6.